The fourth-order valence-electron chi connectivity index (χ4n) is 0.940. The van der Waals surface area contributed by atoms with E-state index in [1.54, 1.807) is 0 Å². The van der Waals surface area contributed by atoms with Gasteiger partial charge in [0.05, 0.1) is 6.20 Å². The number of aliphatic hydroxyl groups is 1. The Kier molecular flexibility index (Phi) is 5.19. The minimum Gasteiger partial charge on any atom is -0.363 e. The molecule has 0 atom stereocenters. The number of rotatable bonds is 3. The molecule has 0 aromatic carbocycles. The van der Waals surface area contributed by atoms with Crippen LogP contribution in [0.1, 0.15) is 5.69 Å². The third-order valence-electron chi connectivity index (χ3n) is 1.72. The van der Waals surface area contributed by atoms with E-state index in [0.717, 1.165) is 12.4 Å². The zero-order chi connectivity index (χ0) is 12.6. The van der Waals surface area contributed by atoms with Crippen molar-refractivity contribution in [2.75, 3.05) is 0 Å². The summed E-state index contributed by atoms with van der Waals surface area (Å²) >= 11 is 0. The van der Waals surface area contributed by atoms with Crippen LogP contribution in [0.5, 0.6) is 0 Å². The fraction of sp³-hybridized carbons (Fsp3) is 0.200. The third kappa shape index (κ3) is 3.00. The fourth-order valence-corrected chi connectivity index (χ4v) is 3.13. The Labute approximate surface area is 106 Å². The van der Waals surface area contributed by atoms with E-state index in [2.05, 4.69) is 9.97 Å². The molecule has 1 radical (unpaired) electrons. The first kappa shape index (κ1) is 16.9. The van der Waals surface area contributed by atoms with Gasteiger partial charge in [-0.15, -0.1) is 0 Å². The molecule has 0 spiro atoms. The van der Waals surface area contributed by atoms with Crippen molar-refractivity contribution in [1.82, 2.24) is 9.97 Å². The van der Waals surface area contributed by atoms with Crippen LogP contribution in [0.15, 0.2) is 18.6 Å². The molecule has 0 amide bonds. The van der Waals surface area contributed by atoms with Crippen molar-refractivity contribution < 1.29 is 50.9 Å². The molecule has 1 rings (SSSR count). The minimum atomic E-state index is -5.54. The first-order valence-electron chi connectivity index (χ1n) is 3.71. The molecule has 0 aliphatic heterocycles. The van der Waals surface area contributed by atoms with Gasteiger partial charge in [-0.3, -0.25) is 19.1 Å². The van der Waals surface area contributed by atoms with Gasteiger partial charge in [0.25, 0.3) is 0 Å². The summed E-state index contributed by atoms with van der Waals surface area (Å²) in [6.45, 7) is 0. The molecule has 0 saturated carbocycles. The van der Waals surface area contributed by atoms with Crippen LogP contribution in [0, 0.1) is 0 Å². The Hall–Kier alpha value is -0.141. The van der Waals surface area contributed by atoms with Crippen molar-refractivity contribution in [3.8, 4) is 0 Å². The molecule has 5 N–H and O–H groups in total. The van der Waals surface area contributed by atoms with Gasteiger partial charge in [-0.05, 0) is 0 Å². The number of aromatic nitrogens is 2. The van der Waals surface area contributed by atoms with Crippen molar-refractivity contribution in [1.29, 1.82) is 0 Å². The maximum atomic E-state index is 11.0. The molecule has 1 aromatic heterocycles. The summed E-state index contributed by atoms with van der Waals surface area (Å²) in [4.78, 5) is 42.0. The predicted molar refractivity (Wildman–Crippen MR) is 50.0 cm³/mol. The van der Waals surface area contributed by atoms with Gasteiger partial charge in [-0.25, -0.2) is 0 Å². The van der Waals surface area contributed by atoms with E-state index in [9.17, 15) is 14.2 Å². The Morgan fingerprint density at radius 3 is 1.82 bits per heavy atom. The van der Waals surface area contributed by atoms with Gasteiger partial charge in [-0.2, -0.15) is 0 Å². The van der Waals surface area contributed by atoms with Crippen LogP contribution in [0.25, 0.3) is 0 Å². The Morgan fingerprint density at radius 1 is 1.06 bits per heavy atom. The van der Waals surface area contributed by atoms with E-state index in [1.807, 2.05) is 0 Å². The zero-order valence-corrected chi connectivity index (χ0v) is 10.6. The second-order valence-electron chi connectivity index (χ2n) is 2.81. The molecule has 9 nitrogen and oxygen atoms in total. The average Bonchev–Trinajstić information content (AvgIpc) is 2.14. The molecule has 0 bridgehead atoms. The summed E-state index contributed by atoms with van der Waals surface area (Å²) in [5, 5.41) is 5.85. The Morgan fingerprint density at radius 2 is 1.53 bits per heavy atom. The van der Waals surface area contributed by atoms with E-state index < -0.39 is 26.0 Å². The van der Waals surface area contributed by atoms with Gasteiger partial charge < -0.3 is 24.7 Å². The summed E-state index contributed by atoms with van der Waals surface area (Å²) in [5.41, 5.74) is -0.892. The molecule has 0 fully saturated rings. The predicted octanol–water partition coefficient (Wildman–Crippen LogP) is -1.07. The summed E-state index contributed by atoms with van der Waals surface area (Å²) in [6, 6.07) is 0. The summed E-state index contributed by atoms with van der Waals surface area (Å²) < 4.78 is 22.0. The molecular formula is C5H8CuN2O7P2. The normalized spacial score (nSPS) is 13.0. The molecule has 12 heteroatoms. The SMILES string of the molecule is O=P(O)(O)C(O)(c1cnccn1)P(=O)(O)O.[Cu]. The zero-order valence-electron chi connectivity index (χ0n) is 7.87. The standard InChI is InChI=1S/C5H8N2O7P2.Cu/c8-5(15(9,10)11,16(12,13)14)4-3-6-1-2-7-4;/h1-3,8H,(H2,9,10,11)(H2,12,13,14);. The van der Waals surface area contributed by atoms with E-state index in [-0.39, 0.29) is 17.1 Å². The smallest absolute Gasteiger partial charge is 0.363 e. The van der Waals surface area contributed by atoms with Crippen molar-refractivity contribution in [3.63, 3.8) is 0 Å². The van der Waals surface area contributed by atoms with Crippen molar-refractivity contribution >= 4 is 15.2 Å². The van der Waals surface area contributed by atoms with E-state index in [1.165, 1.54) is 0 Å². The molecule has 0 aliphatic carbocycles. The van der Waals surface area contributed by atoms with Gasteiger partial charge in [0.1, 0.15) is 5.69 Å². The summed E-state index contributed by atoms with van der Waals surface area (Å²) in [6.07, 6.45) is 2.72. The number of hydrogen-bond donors (Lipinski definition) is 5. The van der Waals surface area contributed by atoms with Crippen LogP contribution in [0.2, 0.25) is 0 Å². The van der Waals surface area contributed by atoms with Crippen LogP contribution in [0.3, 0.4) is 0 Å². The van der Waals surface area contributed by atoms with E-state index in [4.69, 9.17) is 19.6 Å². The van der Waals surface area contributed by atoms with Crippen molar-refractivity contribution in [2.24, 2.45) is 0 Å². The molecule has 17 heavy (non-hydrogen) atoms. The molecule has 1 heterocycles. The van der Waals surface area contributed by atoms with Gasteiger partial charge in [0.15, 0.2) is 0 Å². The van der Waals surface area contributed by atoms with Crippen molar-refractivity contribution in [3.05, 3.63) is 24.3 Å². The maximum absolute atomic E-state index is 11.0. The minimum absolute atomic E-state index is 0. The van der Waals surface area contributed by atoms with Crippen LogP contribution in [0.4, 0.5) is 0 Å². The van der Waals surface area contributed by atoms with Crippen LogP contribution in [-0.2, 0) is 31.3 Å². The Bertz CT molecular complexity index is 448. The van der Waals surface area contributed by atoms with Gasteiger partial charge in [0.2, 0.25) is 0 Å². The largest absolute Gasteiger partial charge is 0.375 e. The van der Waals surface area contributed by atoms with Gasteiger partial charge >= 0.3 is 20.3 Å². The van der Waals surface area contributed by atoms with Crippen LogP contribution >= 0.6 is 15.2 Å². The Balaban J connectivity index is 0.00000256. The van der Waals surface area contributed by atoms with E-state index in [0.29, 0.717) is 6.20 Å². The van der Waals surface area contributed by atoms with Crippen molar-refractivity contribution in [2.45, 2.75) is 5.08 Å². The van der Waals surface area contributed by atoms with Crippen LogP contribution < -0.4 is 0 Å². The topological polar surface area (TPSA) is 161 Å². The average molecular weight is 334 g/mol. The number of hydrogen-bond acceptors (Lipinski definition) is 5. The summed E-state index contributed by atoms with van der Waals surface area (Å²) in [7, 11) is -11.1. The maximum Gasteiger partial charge on any atom is 0.375 e. The molecule has 0 aliphatic rings. The monoisotopic (exact) mass is 333 g/mol. The molecule has 0 saturated heterocycles. The van der Waals surface area contributed by atoms with Gasteiger partial charge in [0, 0.05) is 29.5 Å². The quantitative estimate of drug-likeness (QED) is 0.342. The first-order chi connectivity index (χ1) is 7.11. The van der Waals surface area contributed by atoms with E-state index >= 15 is 0 Å². The molecule has 1 aromatic rings. The molecular weight excluding hydrogens is 326 g/mol. The number of nitrogens with zero attached hydrogens (tertiary/aromatic N) is 2. The molecule has 101 valence electrons. The molecule has 0 unspecified atom stereocenters. The third-order valence-corrected chi connectivity index (χ3v) is 5.37. The summed E-state index contributed by atoms with van der Waals surface area (Å²) in [5.74, 6) is 0. The van der Waals surface area contributed by atoms with Gasteiger partial charge in [-0.1, -0.05) is 0 Å². The second-order valence-corrected chi connectivity index (χ2v) is 6.64. The van der Waals surface area contributed by atoms with Crippen LogP contribution in [-0.4, -0.2) is 34.6 Å². The first-order valence-corrected chi connectivity index (χ1v) is 6.93. The second kappa shape index (κ2) is 5.24.